The molecule has 0 N–H and O–H groups in total. The molecular formula is C32H32N8OV. The molecule has 0 fully saturated rings. The predicted octanol–water partition coefficient (Wildman–Crippen LogP) is 5.85. The Hall–Kier alpha value is -3.82. The first-order valence-electron chi connectivity index (χ1n) is 13.9. The van der Waals surface area contributed by atoms with Gasteiger partial charge in [0.15, 0.2) is 0 Å². The molecule has 0 unspecified atom stereocenters. The Kier molecular flexibility index (Phi) is 6.30. The summed E-state index contributed by atoms with van der Waals surface area (Å²) in [5, 5.41) is 3.74. The van der Waals surface area contributed by atoms with Crippen molar-refractivity contribution in [3.8, 4) is 0 Å². The van der Waals surface area contributed by atoms with Crippen LogP contribution in [0.4, 0.5) is 0 Å². The van der Waals surface area contributed by atoms with Gasteiger partial charge in [-0.25, -0.2) is 0 Å². The number of fused-ring (bicyclic) bond motifs is 14. The number of hydrogen-bond acceptors (Lipinski definition) is 7. The Labute approximate surface area is 253 Å². The molecule has 5 heterocycles. The van der Waals surface area contributed by atoms with Crippen molar-refractivity contribution >= 4 is 44.1 Å². The number of rotatable bonds is 0. The zero-order chi connectivity index (χ0) is 30.2. The molecule has 3 aromatic heterocycles. The molecule has 2 aromatic carbocycles. The van der Waals surface area contributed by atoms with Crippen molar-refractivity contribution in [3.05, 3.63) is 71.8 Å². The SMILES string of the molecule is CC1(C)c2nc(nc3[n-]c(nc4nc(nc5[n-]c(n2)c2ccccc52)C(C)(C)C4(C)C)c2ccccc32)C1(C)C.[O]=[V+2]. The molecule has 9 nitrogen and oxygen atoms in total. The molecule has 10 heteroatoms. The van der Waals surface area contributed by atoms with Crippen molar-refractivity contribution in [1.82, 2.24) is 39.9 Å². The van der Waals surface area contributed by atoms with Crippen LogP contribution in [-0.2, 0) is 42.7 Å². The van der Waals surface area contributed by atoms with Crippen molar-refractivity contribution in [2.24, 2.45) is 0 Å². The van der Waals surface area contributed by atoms with Gasteiger partial charge in [-0.3, -0.25) is 9.97 Å². The third-order valence-corrected chi connectivity index (χ3v) is 9.87. The van der Waals surface area contributed by atoms with E-state index in [0.29, 0.717) is 45.9 Å². The van der Waals surface area contributed by atoms with Crippen molar-refractivity contribution in [2.75, 3.05) is 0 Å². The van der Waals surface area contributed by atoms with Crippen LogP contribution < -0.4 is 9.97 Å². The average molecular weight is 596 g/mol. The minimum atomic E-state index is -0.405. The molecule has 8 bridgehead atoms. The second-order valence-corrected chi connectivity index (χ2v) is 13.1. The van der Waals surface area contributed by atoms with Crippen LogP contribution in [0, 0.1) is 0 Å². The van der Waals surface area contributed by atoms with Gasteiger partial charge in [0, 0.05) is 44.2 Å². The molecule has 2 aliphatic heterocycles. The molecule has 0 saturated heterocycles. The third-order valence-electron chi connectivity index (χ3n) is 9.87. The standard InChI is InChI=1S/C32H32N8.O.V/c1-29(2)25-35-21-17-13-9-10-14-18(17)23(33-21)37-27-31(5,6)32(7,8)28(40-27)38-24-20-16-12-11-15-19(20)22(34-24)36-26(39-25)30(29,3)4;;/h9-16H,1-8H3;;/q-2;;+2. The average Bonchev–Trinajstić information content (AvgIpc) is 3.58. The molecule has 0 saturated carbocycles. The van der Waals surface area contributed by atoms with E-state index in [1.165, 1.54) is 0 Å². The summed E-state index contributed by atoms with van der Waals surface area (Å²) < 4.78 is 8.19. The number of benzene rings is 2. The van der Waals surface area contributed by atoms with Gasteiger partial charge in [0.25, 0.3) is 0 Å². The molecule has 0 spiro atoms. The summed E-state index contributed by atoms with van der Waals surface area (Å²) in [6.07, 6.45) is 0. The van der Waals surface area contributed by atoms with Gasteiger partial charge in [0.2, 0.25) is 0 Å². The number of aromatic nitrogens is 8. The summed E-state index contributed by atoms with van der Waals surface area (Å²) >= 11 is 1.06. The van der Waals surface area contributed by atoms with Crippen molar-refractivity contribution in [2.45, 2.75) is 77.0 Å². The molecule has 2 aliphatic rings. The molecule has 0 aliphatic carbocycles. The van der Waals surface area contributed by atoms with E-state index in [1.807, 2.05) is 48.5 Å². The second-order valence-electron chi connectivity index (χ2n) is 13.1. The van der Waals surface area contributed by atoms with Crippen LogP contribution in [0.2, 0.25) is 0 Å². The number of nitrogens with zero attached hydrogens (tertiary/aromatic N) is 8. The topological polar surface area (TPSA) is 123 Å². The van der Waals surface area contributed by atoms with E-state index < -0.39 is 21.7 Å². The minimum absolute atomic E-state index is 0.405. The van der Waals surface area contributed by atoms with E-state index in [9.17, 15) is 0 Å². The van der Waals surface area contributed by atoms with Crippen LogP contribution in [-0.4, -0.2) is 29.9 Å². The molecular weight excluding hydrogens is 563 g/mol. The van der Waals surface area contributed by atoms with E-state index >= 15 is 0 Å². The molecule has 0 amide bonds. The molecule has 0 radical (unpaired) electrons. The van der Waals surface area contributed by atoms with Gasteiger partial charge >= 0.3 is 21.0 Å². The van der Waals surface area contributed by atoms with Gasteiger partial charge < -0.3 is 29.9 Å². The quantitative estimate of drug-likeness (QED) is 0.217. The van der Waals surface area contributed by atoms with Gasteiger partial charge in [-0.1, -0.05) is 104 Å². The first-order valence-corrected chi connectivity index (χ1v) is 14.5. The summed E-state index contributed by atoms with van der Waals surface area (Å²) in [5.74, 6) is 2.76. The van der Waals surface area contributed by atoms with Crippen LogP contribution in [0.5, 0.6) is 0 Å². The fourth-order valence-electron chi connectivity index (χ4n) is 5.47. The van der Waals surface area contributed by atoms with Crippen molar-refractivity contribution in [3.63, 3.8) is 0 Å². The van der Waals surface area contributed by atoms with E-state index in [-0.39, 0.29) is 0 Å². The summed E-state index contributed by atoms with van der Waals surface area (Å²) in [4.78, 5) is 40.2. The van der Waals surface area contributed by atoms with Crippen LogP contribution in [0.3, 0.4) is 0 Å². The van der Waals surface area contributed by atoms with Crippen LogP contribution in [0.15, 0.2) is 48.5 Å². The van der Waals surface area contributed by atoms with Gasteiger partial charge in [0.05, 0.1) is 23.3 Å². The summed E-state index contributed by atoms with van der Waals surface area (Å²) in [6.45, 7) is 17.3. The van der Waals surface area contributed by atoms with Gasteiger partial charge in [-0.15, -0.1) is 0 Å². The molecule has 7 rings (SSSR count). The Morgan fingerprint density at radius 2 is 0.643 bits per heavy atom. The van der Waals surface area contributed by atoms with Gasteiger partial charge in [0.1, 0.15) is 0 Å². The Balaban J connectivity index is 0.00000155. The normalized spacial score (nSPS) is 18.0. The van der Waals surface area contributed by atoms with Crippen molar-refractivity contribution in [1.29, 1.82) is 0 Å². The fraction of sp³-hybridized carbons (Fsp3) is 0.375. The third kappa shape index (κ3) is 3.83. The monoisotopic (exact) mass is 595 g/mol. The van der Waals surface area contributed by atoms with E-state index in [1.54, 1.807) is 0 Å². The number of hydrogen-bond donors (Lipinski definition) is 0. The summed E-state index contributed by atoms with van der Waals surface area (Å²) in [5.41, 5.74) is 0.802. The zero-order valence-corrected chi connectivity index (χ0v) is 26.4. The first-order chi connectivity index (χ1) is 19.8. The van der Waals surface area contributed by atoms with Crippen LogP contribution >= 0.6 is 0 Å². The van der Waals surface area contributed by atoms with Crippen LogP contribution in [0.25, 0.3) is 44.1 Å². The Morgan fingerprint density at radius 1 is 0.429 bits per heavy atom. The van der Waals surface area contributed by atoms with Gasteiger partial charge in [-0.05, 0) is 21.5 Å². The second kappa shape index (κ2) is 9.34. The predicted molar refractivity (Wildman–Crippen MR) is 158 cm³/mol. The van der Waals surface area contributed by atoms with Crippen LogP contribution in [0.1, 0.15) is 78.7 Å². The zero-order valence-electron chi connectivity index (χ0n) is 25.1. The first kappa shape index (κ1) is 28.3. The van der Waals surface area contributed by atoms with Gasteiger partial charge in [-0.2, -0.15) is 0 Å². The summed E-state index contributed by atoms with van der Waals surface area (Å²) in [7, 11) is 0. The molecule has 211 valence electrons. The van der Waals surface area contributed by atoms with E-state index in [4.69, 9.17) is 43.5 Å². The van der Waals surface area contributed by atoms with Crippen molar-refractivity contribution < 1.29 is 21.0 Å². The maximum absolute atomic E-state index is 8.19. The Morgan fingerprint density at radius 3 is 0.857 bits per heavy atom. The fourth-order valence-corrected chi connectivity index (χ4v) is 5.47. The molecule has 0 atom stereocenters. The van der Waals surface area contributed by atoms with E-state index in [0.717, 1.165) is 38.9 Å². The molecule has 42 heavy (non-hydrogen) atoms. The Bertz CT molecular complexity index is 1770. The summed E-state index contributed by atoms with van der Waals surface area (Å²) in [6, 6.07) is 16.2. The molecule has 5 aromatic rings. The maximum atomic E-state index is 8.19. The van der Waals surface area contributed by atoms with E-state index in [2.05, 4.69) is 55.4 Å².